The number of allylic oxidation sites excluding steroid dienone is 3. The van der Waals surface area contributed by atoms with Gasteiger partial charge in [-0.3, -0.25) is 0 Å². The molecule has 2 heterocycles. The van der Waals surface area contributed by atoms with Crippen LogP contribution in [0.3, 0.4) is 0 Å². The summed E-state index contributed by atoms with van der Waals surface area (Å²) in [5.41, 5.74) is 2.84. The molecule has 160 valence electrons. The predicted octanol–water partition coefficient (Wildman–Crippen LogP) is 5.51. The van der Waals surface area contributed by atoms with Crippen LogP contribution in [0, 0.1) is 5.82 Å². The third-order valence-electron chi connectivity index (χ3n) is 4.35. The Labute approximate surface area is 178 Å². The fourth-order valence-corrected chi connectivity index (χ4v) is 3.05. The Morgan fingerprint density at radius 1 is 1.19 bits per heavy atom. The van der Waals surface area contributed by atoms with Crippen molar-refractivity contribution in [1.29, 1.82) is 0 Å². The quantitative estimate of drug-likeness (QED) is 0.459. The van der Waals surface area contributed by atoms with Gasteiger partial charge in [0.25, 0.3) is 6.43 Å². The monoisotopic (exact) mass is 425 g/mol. The number of imidazole rings is 1. The van der Waals surface area contributed by atoms with Gasteiger partial charge in [-0.1, -0.05) is 30.9 Å². The molecule has 8 heteroatoms. The zero-order valence-corrected chi connectivity index (χ0v) is 17.0. The molecule has 0 saturated heterocycles. The minimum atomic E-state index is -2.57. The molecule has 3 rings (SSSR count). The number of aromatic nitrogens is 4. The van der Waals surface area contributed by atoms with E-state index in [4.69, 9.17) is 0 Å². The SMILES string of the molecule is C=C/C=C(\C=C/C)CNc1nccc(-c2c(-c3ccc(F)cc3)ncn2CC(F)F)n1. The smallest absolute Gasteiger partial charge is 0.256 e. The molecule has 0 saturated carbocycles. The average molecular weight is 425 g/mol. The second-order valence-corrected chi connectivity index (χ2v) is 6.59. The molecule has 0 bridgehead atoms. The van der Waals surface area contributed by atoms with Gasteiger partial charge in [0.15, 0.2) is 0 Å². The molecule has 5 nitrogen and oxygen atoms in total. The van der Waals surface area contributed by atoms with Crippen LogP contribution in [0.2, 0.25) is 0 Å². The first kappa shape index (κ1) is 22.0. The van der Waals surface area contributed by atoms with Gasteiger partial charge in [-0.15, -0.1) is 0 Å². The molecule has 0 unspecified atom stereocenters. The number of rotatable bonds is 9. The Balaban J connectivity index is 1.98. The van der Waals surface area contributed by atoms with Crippen molar-refractivity contribution < 1.29 is 13.2 Å². The fraction of sp³-hybridized carbons (Fsp3) is 0.174. The van der Waals surface area contributed by atoms with Crippen molar-refractivity contribution in [3.8, 4) is 22.6 Å². The van der Waals surface area contributed by atoms with Crippen molar-refractivity contribution in [3.63, 3.8) is 0 Å². The summed E-state index contributed by atoms with van der Waals surface area (Å²) >= 11 is 0. The van der Waals surface area contributed by atoms with Gasteiger partial charge in [0.1, 0.15) is 5.82 Å². The van der Waals surface area contributed by atoms with Crippen LogP contribution in [0.1, 0.15) is 6.92 Å². The van der Waals surface area contributed by atoms with Gasteiger partial charge >= 0.3 is 0 Å². The lowest BCUT2D eigenvalue weighted by atomic mass is 10.1. The fourth-order valence-electron chi connectivity index (χ4n) is 3.05. The maximum Gasteiger partial charge on any atom is 0.256 e. The molecule has 3 aromatic rings. The lowest BCUT2D eigenvalue weighted by Crippen LogP contribution is -2.10. The standard InChI is InChI=1S/C23H22F3N5/c1-3-5-16(6-4-2)13-28-23-27-12-11-19(30-23)22-21(17-7-9-18(24)10-8-17)29-15-31(22)14-20(25)26/h3-12,15,20H,1,13-14H2,2H3,(H,27,28,30)/b6-4-,16-5+. The van der Waals surface area contributed by atoms with Crippen molar-refractivity contribution in [3.05, 3.63) is 85.1 Å². The Morgan fingerprint density at radius 3 is 2.65 bits per heavy atom. The molecule has 1 N–H and O–H groups in total. The van der Waals surface area contributed by atoms with Crippen LogP contribution in [0.15, 0.2) is 79.3 Å². The zero-order valence-electron chi connectivity index (χ0n) is 17.0. The van der Waals surface area contributed by atoms with Gasteiger partial charge in [-0.05, 0) is 42.8 Å². The molecule has 2 aromatic heterocycles. The molecule has 0 amide bonds. The van der Waals surface area contributed by atoms with E-state index in [2.05, 4.69) is 26.8 Å². The highest BCUT2D eigenvalue weighted by Crippen LogP contribution is 2.31. The highest BCUT2D eigenvalue weighted by atomic mass is 19.3. The number of hydrogen-bond acceptors (Lipinski definition) is 4. The number of anilines is 1. The molecule has 0 aliphatic rings. The number of nitrogens with zero attached hydrogens (tertiary/aromatic N) is 4. The Bertz CT molecular complexity index is 1080. The second-order valence-electron chi connectivity index (χ2n) is 6.59. The van der Waals surface area contributed by atoms with E-state index in [0.717, 1.165) is 5.57 Å². The summed E-state index contributed by atoms with van der Waals surface area (Å²) in [5.74, 6) is -0.0536. The van der Waals surface area contributed by atoms with E-state index in [1.165, 1.54) is 23.0 Å². The highest BCUT2D eigenvalue weighted by Gasteiger charge is 2.19. The normalized spacial score (nSPS) is 12.0. The predicted molar refractivity (Wildman–Crippen MR) is 116 cm³/mol. The van der Waals surface area contributed by atoms with Crippen LogP contribution in [0.25, 0.3) is 22.6 Å². The van der Waals surface area contributed by atoms with E-state index in [1.807, 2.05) is 25.2 Å². The highest BCUT2D eigenvalue weighted by molar-refractivity contribution is 5.77. The van der Waals surface area contributed by atoms with E-state index in [-0.39, 0.29) is 0 Å². The van der Waals surface area contributed by atoms with E-state index >= 15 is 0 Å². The van der Waals surface area contributed by atoms with E-state index < -0.39 is 18.8 Å². The lowest BCUT2D eigenvalue weighted by molar-refractivity contribution is 0.127. The maximum atomic E-state index is 13.3. The van der Waals surface area contributed by atoms with E-state index in [0.29, 0.717) is 35.1 Å². The summed E-state index contributed by atoms with van der Waals surface area (Å²) in [6.07, 6.45) is 7.71. The van der Waals surface area contributed by atoms with Crippen molar-refractivity contribution in [2.75, 3.05) is 11.9 Å². The molecular weight excluding hydrogens is 403 g/mol. The first-order valence-corrected chi connectivity index (χ1v) is 9.62. The minimum absolute atomic E-state index is 0.340. The van der Waals surface area contributed by atoms with E-state index in [9.17, 15) is 13.2 Å². The maximum absolute atomic E-state index is 13.3. The lowest BCUT2D eigenvalue weighted by Gasteiger charge is -2.11. The third-order valence-corrected chi connectivity index (χ3v) is 4.35. The molecule has 0 fully saturated rings. The van der Waals surface area contributed by atoms with Gasteiger partial charge in [0, 0.05) is 18.3 Å². The van der Waals surface area contributed by atoms with Gasteiger partial charge < -0.3 is 9.88 Å². The minimum Gasteiger partial charge on any atom is -0.350 e. The number of nitrogens with one attached hydrogen (secondary N) is 1. The molecule has 0 radical (unpaired) electrons. The van der Waals surface area contributed by atoms with Gasteiger partial charge in [0.05, 0.1) is 30.0 Å². The Hall–Kier alpha value is -3.68. The van der Waals surface area contributed by atoms with Crippen LogP contribution in [0.5, 0.6) is 0 Å². The summed E-state index contributed by atoms with van der Waals surface area (Å²) in [6, 6.07) is 7.33. The Morgan fingerprint density at radius 2 is 1.97 bits per heavy atom. The molecule has 31 heavy (non-hydrogen) atoms. The molecule has 0 aliphatic carbocycles. The van der Waals surface area contributed by atoms with Crippen LogP contribution in [0.4, 0.5) is 19.1 Å². The van der Waals surface area contributed by atoms with Gasteiger partial charge in [-0.25, -0.2) is 28.1 Å². The zero-order chi connectivity index (χ0) is 22.2. The summed E-state index contributed by atoms with van der Waals surface area (Å²) in [6.45, 7) is 5.53. The molecule has 1 aromatic carbocycles. The van der Waals surface area contributed by atoms with Crippen LogP contribution in [-0.4, -0.2) is 32.5 Å². The summed E-state index contributed by atoms with van der Waals surface area (Å²) in [5, 5.41) is 3.13. The number of halogens is 3. The molecule has 0 spiro atoms. The molecular formula is C23H22F3N5. The first-order chi connectivity index (χ1) is 15.0. The van der Waals surface area contributed by atoms with Gasteiger partial charge in [0.2, 0.25) is 5.95 Å². The van der Waals surface area contributed by atoms with Crippen molar-refractivity contribution >= 4 is 5.95 Å². The summed E-state index contributed by atoms with van der Waals surface area (Å²) in [4.78, 5) is 13.0. The number of benzene rings is 1. The van der Waals surface area contributed by atoms with Crippen molar-refractivity contribution in [2.24, 2.45) is 0 Å². The largest absolute Gasteiger partial charge is 0.350 e. The Kier molecular flexibility index (Phi) is 7.37. The first-order valence-electron chi connectivity index (χ1n) is 9.62. The average Bonchev–Trinajstić information content (AvgIpc) is 3.16. The molecule has 0 aliphatic heterocycles. The summed E-state index contributed by atoms with van der Waals surface area (Å²) < 4.78 is 41.0. The van der Waals surface area contributed by atoms with Crippen LogP contribution in [-0.2, 0) is 6.54 Å². The number of hydrogen-bond donors (Lipinski definition) is 1. The molecule has 0 atom stereocenters. The summed E-state index contributed by atoms with van der Waals surface area (Å²) in [7, 11) is 0. The van der Waals surface area contributed by atoms with Crippen molar-refractivity contribution in [1.82, 2.24) is 19.5 Å². The van der Waals surface area contributed by atoms with Crippen LogP contribution < -0.4 is 5.32 Å². The second kappa shape index (κ2) is 10.4. The number of alkyl halides is 2. The van der Waals surface area contributed by atoms with E-state index in [1.54, 1.807) is 30.5 Å². The topological polar surface area (TPSA) is 55.6 Å². The van der Waals surface area contributed by atoms with Crippen LogP contribution >= 0.6 is 0 Å². The van der Waals surface area contributed by atoms with Crippen molar-refractivity contribution in [2.45, 2.75) is 19.9 Å². The van der Waals surface area contributed by atoms with Gasteiger partial charge in [-0.2, -0.15) is 0 Å². The third kappa shape index (κ3) is 5.69.